The zero-order valence-corrected chi connectivity index (χ0v) is 14.3. The summed E-state index contributed by atoms with van der Waals surface area (Å²) in [7, 11) is 0. The monoisotopic (exact) mass is 329 g/mol. The molecule has 2 aromatic carbocycles. The Balaban J connectivity index is 1.91. The summed E-state index contributed by atoms with van der Waals surface area (Å²) >= 11 is 6.13. The zero-order chi connectivity index (χ0) is 16.6. The van der Waals surface area contributed by atoms with Crippen LogP contribution in [0.25, 0.3) is 0 Å². The number of carbonyl (C=O) groups is 1. The topological polar surface area (TPSA) is 38.3 Å². The van der Waals surface area contributed by atoms with Crippen molar-refractivity contribution in [3.63, 3.8) is 0 Å². The van der Waals surface area contributed by atoms with Crippen molar-refractivity contribution >= 4 is 17.5 Å². The number of benzene rings is 2. The van der Waals surface area contributed by atoms with Crippen molar-refractivity contribution in [2.45, 2.75) is 38.8 Å². The molecule has 0 saturated carbocycles. The van der Waals surface area contributed by atoms with E-state index in [0.29, 0.717) is 17.0 Å². The molecule has 1 atom stereocenters. The molecule has 0 radical (unpaired) electrons. The van der Waals surface area contributed by atoms with Gasteiger partial charge in [-0.15, -0.1) is 0 Å². The highest BCUT2D eigenvalue weighted by Gasteiger charge is 2.34. The Hall–Kier alpha value is -2.00. The first-order valence-electron chi connectivity index (χ1n) is 7.71. The summed E-state index contributed by atoms with van der Waals surface area (Å²) in [5.41, 5.74) is 2.30. The first-order chi connectivity index (χ1) is 10.9. The molecule has 4 heteroatoms. The van der Waals surface area contributed by atoms with E-state index in [2.05, 4.69) is 5.32 Å². The minimum atomic E-state index is -0.334. The van der Waals surface area contributed by atoms with Gasteiger partial charge in [-0.1, -0.05) is 35.9 Å². The number of ether oxygens (including phenoxy) is 1. The van der Waals surface area contributed by atoms with Gasteiger partial charge < -0.3 is 10.1 Å². The van der Waals surface area contributed by atoms with E-state index < -0.39 is 0 Å². The second-order valence-corrected chi connectivity index (χ2v) is 7.02. The van der Waals surface area contributed by atoms with Crippen LogP contribution in [0.2, 0.25) is 5.02 Å². The minimum Gasteiger partial charge on any atom is -0.487 e. The van der Waals surface area contributed by atoms with E-state index in [1.54, 1.807) is 12.1 Å². The summed E-state index contributed by atoms with van der Waals surface area (Å²) in [6.07, 6.45) is 0.708. The van der Waals surface area contributed by atoms with Crippen LogP contribution in [0.4, 0.5) is 0 Å². The molecule has 0 aliphatic carbocycles. The Morgan fingerprint density at radius 2 is 2.00 bits per heavy atom. The molecule has 0 spiro atoms. The Kier molecular flexibility index (Phi) is 4.07. The molecule has 0 bridgehead atoms. The fraction of sp³-hybridized carbons (Fsp3) is 0.316. The van der Waals surface area contributed by atoms with Gasteiger partial charge in [0.05, 0.1) is 16.6 Å². The Morgan fingerprint density at radius 1 is 1.26 bits per heavy atom. The summed E-state index contributed by atoms with van der Waals surface area (Å²) in [4.78, 5) is 12.6. The second kappa shape index (κ2) is 5.89. The molecule has 3 nitrogen and oxygen atoms in total. The molecular formula is C19H20ClNO2. The normalized spacial score (nSPS) is 18.7. The van der Waals surface area contributed by atoms with Crippen LogP contribution in [0.1, 0.15) is 47.8 Å². The number of hydrogen-bond donors (Lipinski definition) is 1. The molecule has 120 valence electrons. The van der Waals surface area contributed by atoms with Crippen molar-refractivity contribution < 1.29 is 9.53 Å². The fourth-order valence-corrected chi connectivity index (χ4v) is 3.19. The zero-order valence-electron chi connectivity index (χ0n) is 13.5. The Labute approximate surface area is 141 Å². The van der Waals surface area contributed by atoms with Gasteiger partial charge in [-0.25, -0.2) is 0 Å². The maximum Gasteiger partial charge on any atom is 0.253 e. The van der Waals surface area contributed by atoms with Crippen molar-refractivity contribution in [2.75, 3.05) is 0 Å². The van der Waals surface area contributed by atoms with Crippen LogP contribution in [0.5, 0.6) is 5.75 Å². The summed E-state index contributed by atoms with van der Waals surface area (Å²) in [6, 6.07) is 13.1. The Bertz CT molecular complexity index is 755. The van der Waals surface area contributed by atoms with Gasteiger partial charge >= 0.3 is 0 Å². The molecule has 23 heavy (non-hydrogen) atoms. The van der Waals surface area contributed by atoms with Gasteiger partial charge in [0.2, 0.25) is 0 Å². The minimum absolute atomic E-state index is 0.0990. The number of carbonyl (C=O) groups excluding carboxylic acids is 1. The summed E-state index contributed by atoms with van der Waals surface area (Å²) in [5.74, 6) is 0.676. The third-order valence-electron chi connectivity index (χ3n) is 4.05. The molecule has 0 aromatic heterocycles. The van der Waals surface area contributed by atoms with Gasteiger partial charge in [-0.3, -0.25) is 4.79 Å². The van der Waals surface area contributed by atoms with E-state index in [9.17, 15) is 4.79 Å². The lowest BCUT2D eigenvalue weighted by molar-refractivity contribution is 0.0619. The van der Waals surface area contributed by atoms with Crippen LogP contribution in [0.3, 0.4) is 0 Å². The maximum absolute atomic E-state index is 12.6. The van der Waals surface area contributed by atoms with Crippen molar-refractivity contribution in [3.05, 3.63) is 64.2 Å². The second-order valence-electron chi connectivity index (χ2n) is 6.61. The lowest BCUT2D eigenvalue weighted by Crippen LogP contribution is -2.41. The molecule has 1 heterocycles. The van der Waals surface area contributed by atoms with E-state index in [0.717, 1.165) is 16.9 Å². The van der Waals surface area contributed by atoms with Crippen LogP contribution in [-0.4, -0.2) is 11.5 Å². The smallest absolute Gasteiger partial charge is 0.253 e. The average molecular weight is 330 g/mol. The van der Waals surface area contributed by atoms with Crippen LogP contribution in [0.15, 0.2) is 42.5 Å². The molecule has 1 aliphatic rings. The number of amides is 1. The van der Waals surface area contributed by atoms with E-state index >= 15 is 0 Å². The van der Waals surface area contributed by atoms with Crippen LogP contribution in [-0.2, 0) is 0 Å². The van der Waals surface area contributed by atoms with Crippen molar-refractivity contribution in [3.8, 4) is 5.75 Å². The highest BCUT2D eigenvalue weighted by atomic mass is 35.5. The third kappa shape index (κ3) is 3.35. The fourth-order valence-electron chi connectivity index (χ4n) is 2.97. The van der Waals surface area contributed by atoms with Gasteiger partial charge in [-0.05, 0) is 44.5 Å². The van der Waals surface area contributed by atoms with Crippen molar-refractivity contribution in [1.29, 1.82) is 0 Å². The predicted octanol–water partition coefficient (Wildman–Crippen LogP) is 4.68. The number of fused-ring (bicyclic) bond motifs is 1. The molecule has 0 fully saturated rings. The van der Waals surface area contributed by atoms with Gasteiger partial charge in [0.15, 0.2) is 0 Å². The molecule has 1 unspecified atom stereocenters. The first kappa shape index (κ1) is 15.9. The number of halogens is 1. The largest absolute Gasteiger partial charge is 0.487 e. The molecule has 1 aliphatic heterocycles. The predicted molar refractivity (Wildman–Crippen MR) is 92.2 cm³/mol. The lowest BCUT2D eigenvalue weighted by Gasteiger charge is -2.38. The van der Waals surface area contributed by atoms with Gasteiger partial charge in [-0.2, -0.15) is 0 Å². The van der Waals surface area contributed by atoms with Crippen molar-refractivity contribution in [1.82, 2.24) is 5.32 Å². The number of nitrogens with one attached hydrogen (secondary N) is 1. The van der Waals surface area contributed by atoms with Gasteiger partial charge in [0.25, 0.3) is 5.91 Å². The molecular weight excluding hydrogens is 310 g/mol. The third-order valence-corrected chi connectivity index (χ3v) is 4.38. The van der Waals surface area contributed by atoms with E-state index in [1.165, 1.54) is 0 Å². The quantitative estimate of drug-likeness (QED) is 0.868. The summed E-state index contributed by atoms with van der Waals surface area (Å²) in [5, 5.41) is 3.56. The van der Waals surface area contributed by atoms with E-state index in [1.807, 2.05) is 51.1 Å². The number of rotatable bonds is 2. The van der Waals surface area contributed by atoms with E-state index in [4.69, 9.17) is 16.3 Å². The molecule has 2 aromatic rings. The molecule has 1 N–H and O–H groups in total. The highest BCUT2D eigenvalue weighted by molar-refractivity contribution is 6.33. The average Bonchev–Trinajstić information content (AvgIpc) is 2.45. The molecule has 3 rings (SSSR count). The standard InChI is InChI=1S/C19H20ClNO2/c1-12-8-9-14-16(11-19(2,3)23-17(14)10-12)21-18(22)13-6-4-5-7-15(13)20/h4-10,16H,11H2,1-3H3,(H,21,22). The van der Waals surface area contributed by atoms with Gasteiger partial charge in [0, 0.05) is 12.0 Å². The molecule has 1 amide bonds. The van der Waals surface area contributed by atoms with Crippen LogP contribution < -0.4 is 10.1 Å². The summed E-state index contributed by atoms with van der Waals surface area (Å²) < 4.78 is 6.06. The van der Waals surface area contributed by atoms with Gasteiger partial charge in [0.1, 0.15) is 11.4 Å². The highest BCUT2D eigenvalue weighted by Crippen LogP contribution is 2.40. The first-order valence-corrected chi connectivity index (χ1v) is 8.08. The lowest BCUT2D eigenvalue weighted by atomic mass is 9.89. The Morgan fingerprint density at radius 3 is 2.74 bits per heavy atom. The summed E-state index contributed by atoms with van der Waals surface area (Å²) in [6.45, 7) is 6.10. The number of aryl methyl sites for hydroxylation is 1. The van der Waals surface area contributed by atoms with E-state index in [-0.39, 0.29) is 17.6 Å². The van der Waals surface area contributed by atoms with Crippen LogP contribution >= 0.6 is 11.6 Å². The number of hydrogen-bond acceptors (Lipinski definition) is 2. The maximum atomic E-state index is 12.6. The van der Waals surface area contributed by atoms with Crippen LogP contribution in [0, 0.1) is 6.92 Å². The molecule has 0 saturated heterocycles. The SMILES string of the molecule is Cc1ccc2c(c1)OC(C)(C)CC2NC(=O)c1ccccc1Cl. The van der Waals surface area contributed by atoms with Crippen molar-refractivity contribution in [2.24, 2.45) is 0 Å².